The van der Waals surface area contributed by atoms with Crippen LogP contribution in [0.4, 0.5) is 5.69 Å². The number of hydrogen-bond acceptors (Lipinski definition) is 4. The standard InChI is InChI=1S/C16H17NO3/c1-18-10-4-5-13-12(9-10)16-11(6-8-20-16)15(17-13)14-3-2-7-19-14/h2-5,7,9,11,15-17H,6,8H2,1H3/t11-,15+,16+/m0/s1. The number of fused-ring (bicyclic) bond motifs is 3. The van der Waals surface area contributed by atoms with E-state index in [1.807, 2.05) is 18.2 Å². The summed E-state index contributed by atoms with van der Waals surface area (Å²) in [4.78, 5) is 0. The zero-order valence-corrected chi connectivity index (χ0v) is 11.3. The molecule has 0 spiro atoms. The van der Waals surface area contributed by atoms with Gasteiger partial charge in [-0.15, -0.1) is 0 Å². The SMILES string of the molecule is COc1ccc2c(c1)[C@@H]1OCC[C@H]1[C@H](c1ccco1)N2. The van der Waals surface area contributed by atoms with Crippen LogP contribution in [0.5, 0.6) is 5.75 Å². The van der Waals surface area contributed by atoms with E-state index >= 15 is 0 Å². The first kappa shape index (κ1) is 11.9. The first-order valence-corrected chi connectivity index (χ1v) is 6.96. The molecular weight excluding hydrogens is 254 g/mol. The van der Waals surface area contributed by atoms with Gasteiger partial charge >= 0.3 is 0 Å². The summed E-state index contributed by atoms with van der Waals surface area (Å²) in [7, 11) is 1.69. The molecule has 104 valence electrons. The van der Waals surface area contributed by atoms with Crippen LogP contribution in [0.1, 0.15) is 29.9 Å². The van der Waals surface area contributed by atoms with Gasteiger partial charge in [0.2, 0.25) is 0 Å². The van der Waals surface area contributed by atoms with Crippen molar-refractivity contribution in [3.63, 3.8) is 0 Å². The predicted molar refractivity (Wildman–Crippen MR) is 74.9 cm³/mol. The number of benzene rings is 1. The fourth-order valence-electron chi connectivity index (χ4n) is 3.33. The molecule has 4 rings (SSSR count). The fourth-order valence-corrected chi connectivity index (χ4v) is 3.33. The second-order valence-corrected chi connectivity index (χ2v) is 5.33. The van der Waals surface area contributed by atoms with Crippen LogP contribution in [0.3, 0.4) is 0 Å². The lowest BCUT2D eigenvalue weighted by atomic mass is 9.83. The average molecular weight is 271 g/mol. The maximum atomic E-state index is 5.97. The van der Waals surface area contributed by atoms with Gasteiger partial charge in [-0.2, -0.15) is 0 Å². The zero-order valence-electron chi connectivity index (χ0n) is 11.3. The van der Waals surface area contributed by atoms with Crippen molar-refractivity contribution in [2.45, 2.75) is 18.6 Å². The van der Waals surface area contributed by atoms with Crippen LogP contribution in [0.15, 0.2) is 41.0 Å². The van der Waals surface area contributed by atoms with Crippen molar-refractivity contribution in [1.29, 1.82) is 0 Å². The first-order valence-electron chi connectivity index (χ1n) is 6.96. The van der Waals surface area contributed by atoms with E-state index < -0.39 is 0 Å². The Bertz CT molecular complexity index is 608. The molecule has 4 heteroatoms. The Morgan fingerprint density at radius 1 is 1.30 bits per heavy atom. The number of rotatable bonds is 2. The molecule has 3 heterocycles. The second-order valence-electron chi connectivity index (χ2n) is 5.33. The van der Waals surface area contributed by atoms with Gasteiger partial charge in [-0.1, -0.05) is 0 Å². The summed E-state index contributed by atoms with van der Waals surface area (Å²) in [6.45, 7) is 0.796. The summed E-state index contributed by atoms with van der Waals surface area (Å²) < 4.78 is 16.9. The van der Waals surface area contributed by atoms with Crippen molar-refractivity contribution >= 4 is 5.69 Å². The molecule has 0 saturated carbocycles. The largest absolute Gasteiger partial charge is 0.497 e. The number of furan rings is 1. The van der Waals surface area contributed by atoms with Crippen LogP contribution in [-0.4, -0.2) is 13.7 Å². The van der Waals surface area contributed by atoms with Crippen molar-refractivity contribution in [2.24, 2.45) is 5.92 Å². The first-order chi connectivity index (χ1) is 9.86. The minimum Gasteiger partial charge on any atom is -0.497 e. The summed E-state index contributed by atoms with van der Waals surface area (Å²) in [5.41, 5.74) is 2.30. The van der Waals surface area contributed by atoms with Gasteiger partial charge in [0.05, 0.1) is 25.5 Å². The summed E-state index contributed by atoms with van der Waals surface area (Å²) in [5.74, 6) is 2.25. The fraction of sp³-hybridized carbons (Fsp3) is 0.375. The van der Waals surface area contributed by atoms with Gasteiger partial charge in [-0.3, -0.25) is 0 Å². The number of hydrogen-bond donors (Lipinski definition) is 1. The van der Waals surface area contributed by atoms with E-state index in [1.54, 1.807) is 13.4 Å². The quantitative estimate of drug-likeness (QED) is 0.907. The molecule has 0 bridgehead atoms. The number of nitrogens with one attached hydrogen (secondary N) is 1. The van der Waals surface area contributed by atoms with Gasteiger partial charge in [-0.05, 0) is 36.8 Å². The highest BCUT2D eigenvalue weighted by Gasteiger charge is 2.42. The van der Waals surface area contributed by atoms with Gasteiger partial charge in [0.25, 0.3) is 0 Å². The highest BCUT2D eigenvalue weighted by atomic mass is 16.5. The third kappa shape index (κ3) is 1.72. The molecule has 0 amide bonds. The van der Waals surface area contributed by atoms with E-state index in [9.17, 15) is 0 Å². The third-order valence-electron chi connectivity index (χ3n) is 4.29. The number of anilines is 1. The summed E-state index contributed by atoms with van der Waals surface area (Å²) in [6, 6.07) is 10.2. The molecule has 1 aromatic carbocycles. The maximum absolute atomic E-state index is 5.97. The number of ether oxygens (including phenoxy) is 2. The van der Waals surface area contributed by atoms with E-state index in [1.165, 1.54) is 5.56 Å². The van der Waals surface area contributed by atoms with Crippen LogP contribution in [-0.2, 0) is 4.74 Å². The maximum Gasteiger partial charge on any atom is 0.126 e. The van der Waals surface area contributed by atoms with Crippen molar-refractivity contribution in [3.05, 3.63) is 47.9 Å². The molecular formula is C16H17NO3. The molecule has 2 aromatic rings. The molecule has 1 N–H and O–H groups in total. The van der Waals surface area contributed by atoms with Gasteiger partial charge in [-0.25, -0.2) is 0 Å². The Balaban J connectivity index is 1.78. The lowest BCUT2D eigenvalue weighted by Crippen LogP contribution is -2.28. The van der Waals surface area contributed by atoms with Crippen LogP contribution in [0.25, 0.3) is 0 Å². The van der Waals surface area contributed by atoms with E-state index in [0.29, 0.717) is 5.92 Å². The van der Waals surface area contributed by atoms with Gasteiger partial charge in [0, 0.05) is 23.8 Å². The summed E-state index contributed by atoms with van der Waals surface area (Å²) >= 11 is 0. The Kier molecular flexibility index (Phi) is 2.70. The van der Waals surface area contributed by atoms with Gasteiger partial charge < -0.3 is 19.2 Å². The molecule has 0 aliphatic carbocycles. The lowest BCUT2D eigenvalue weighted by Gasteiger charge is -2.35. The summed E-state index contributed by atoms with van der Waals surface area (Å²) in [6.07, 6.45) is 2.89. The minimum atomic E-state index is 0.122. The van der Waals surface area contributed by atoms with E-state index in [-0.39, 0.29) is 12.1 Å². The van der Waals surface area contributed by atoms with Crippen molar-refractivity contribution in [1.82, 2.24) is 0 Å². The molecule has 1 aromatic heterocycles. The molecule has 0 unspecified atom stereocenters. The Labute approximate surface area is 117 Å². The van der Waals surface area contributed by atoms with E-state index in [2.05, 4.69) is 17.4 Å². The molecule has 20 heavy (non-hydrogen) atoms. The normalized spacial score (nSPS) is 27.6. The predicted octanol–water partition coefficient (Wildman–Crippen LogP) is 3.53. The highest BCUT2D eigenvalue weighted by molar-refractivity contribution is 5.59. The van der Waals surface area contributed by atoms with Crippen LogP contribution < -0.4 is 10.1 Å². The number of methoxy groups -OCH3 is 1. The molecule has 2 aliphatic heterocycles. The minimum absolute atomic E-state index is 0.122. The monoisotopic (exact) mass is 271 g/mol. The topological polar surface area (TPSA) is 43.6 Å². The lowest BCUT2D eigenvalue weighted by molar-refractivity contribution is 0.0806. The second kappa shape index (κ2) is 4.56. The van der Waals surface area contributed by atoms with Crippen molar-refractivity contribution < 1.29 is 13.9 Å². The highest BCUT2D eigenvalue weighted by Crippen LogP contribution is 2.50. The Morgan fingerprint density at radius 2 is 2.25 bits per heavy atom. The van der Waals surface area contributed by atoms with Gasteiger partial charge in [0.1, 0.15) is 11.5 Å². The third-order valence-corrected chi connectivity index (χ3v) is 4.29. The molecule has 3 atom stereocenters. The Morgan fingerprint density at radius 3 is 3.05 bits per heavy atom. The van der Waals surface area contributed by atoms with Gasteiger partial charge in [0.15, 0.2) is 0 Å². The van der Waals surface area contributed by atoms with E-state index in [4.69, 9.17) is 13.9 Å². The molecule has 4 nitrogen and oxygen atoms in total. The van der Waals surface area contributed by atoms with Crippen molar-refractivity contribution in [2.75, 3.05) is 19.0 Å². The van der Waals surface area contributed by atoms with Crippen molar-refractivity contribution in [3.8, 4) is 5.75 Å². The molecule has 1 saturated heterocycles. The van der Waals surface area contributed by atoms with E-state index in [0.717, 1.165) is 30.2 Å². The smallest absolute Gasteiger partial charge is 0.126 e. The Hall–Kier alpha value is -1.94. The average Bonchev–Trinajstić information content (AvgIpc) is 3.17. The molecule has 1 fully saturated rings. The van der Waals surface area contributed by atoms with Crippen LogP contribution in [0.2, 0.25) is 0 Å². The zero-order chi connectivity index (χ0) is 13.5. The van der Waals surface area contributed by atoms with Crippen LogP contribution in [0, 0.1) is 5.92 Å². The van der Waals surface area contributed by atoms with Crippen LogP contribution >= 0.6 is 0 Å². The molecule has 2 aliphatic rings. The summed E-state index contributed by atoms with van der Waals surface area (Å²) in [5, 5.41) is 3.59. The molecule has 0 radical (unpaired) electrons.